The number of nitrogens with zero attached hydrogens (tertiary/aromatic N) is 1. The molecule has 0 spiro atoms. The molecule has 1 aromatic carbocycles. The number of hydrogen-bond donors (Lipinski definition) is 0. The lowest BCUT2D eigenvalue weighted by molar-refractivity contribution is -0.0696. The highest BCUT2D eigenvalue weighted by molar-refractivity contribution is 8.00. The molecule has 2 rings (SSSR count). The summed E-state index contributed by atoms with van der Waals surface area (Å²) >= 11 is -0.367. The second-order valence-corrected chi connectivity index (χ2v) is 7.76. The summed E-state index contributed by atoms with van der Waals surface area (Å²) in [4.78, 5) is 13.0. The van der Waals surface area contributed by atoms with E-state index in [1.807, 2.05) is 0 Å². The number of likely N-dealkylation sites (tertiary alicyclic amines) is 1. The smallest absolute Gasteiger partial charge is 0.444 e. The van der Waals surface area contributed by atoms with Crippen molar-refractivity contribution in [2.45, 2.75) is 49.5 Å². The number of carbonyl (C=O) groups excluding carboxylic acids is 1. The van der Waals surface area contributed by atoms with Gasteiger partial charge in [-0.3, -0.25) is 0 Å². The Labute approximate surface area is 147 Å². The molecule has 0 N–H and O–H groups in total. The van der Waals surface area contributed by atoms with Gasteiger partial charge < -0.3 is 14.4 Å². The third-order valence-corrected chi connectivity index (χ3v) is 3.95. The van der Waals surface area contributed by atoms with E-state index in [9.17, 15) is 22.4 Å². The van der Waals surface area contributed by atoms with Crippen LogP contribution in [0.25, 0.3) is 0 Å². The number of thioether (sulfide) groups is 1. The minimum atomic E-state index is -4.46. The van der Waals surface area contributed by atoms with E-state index in [0.29, 0.717) is 13.1 Å². The molecule has 1 fully saturated rings. The third-order valence-electron chi connectivity index (χ3n) is 3.23. The summed E-state index contributed by atoms with van der Waals surface area (Å²) in [6.45, 7) is 5.89. The number of amides is 1. The molecule has 0 saturated carbocycles. The molecular weight excluding hydrogens is 362 g/mol. The highest BCUT2D eigenvalue weighted by Gasteiger charge is 2.34. The molecule has 1 aliphatic heterocycles. The maximum Gasteiger partial charge on any atom is 0.446 e. The molecule has 0 unspecified atom stereocenters. The average molecular weight is 381 g/mol. The molecule has 1 heterocycles. The summed E-state index contributed by atoms with van der Waals surface area (Å²) in [6, 6.07) is 3.31. The number of halogens is 4. The molecule has 1 amide bonds. The fourth-order valence-corrected chi connectivity index (χ4v) is 2.63. The van der Waals surface area contributed by atoms with E-state index >= 15 is 0 Å². The van der Waals surface area contributed by atoms with Crippen molar-refractivity contribution in [1.82, 2.24) is 4.90 Å². The predicted octanol–water partition coefficient (Wildman–Crippen LogP) is 4.57. The number of benzene rings is 1. The van der Waals surface area contributed by atoms with Gasteiger partial charge in [0.15, 0.2) is 0 Å². The Balaban J connectivity index is 1.79. The summed E-state index contributed by atoms with van der Waals surface area (Å²) in [5, 5.41) is 0. The van der Waals surface area contributed by atoms with E-state index in [1.54, 1.807) is 20.8 Å². The van der Waals surface area contributed by atoms with E-state index in [1.165, 1.54) is 17.0 Å². The highest BCUT2D eigenvalue weighted by atomic mass is 32.2. The monoisotopic (exact) mass is 381 g/mol. The van der Waals surface area contributed by atoms with Crippen LogP contribution in [-0.2, 0) is 16.1 Å². The third kappa shape index (κ3) is 6.39. The van der Waals surface area contributed by atoms with Crippen molar-refractivity contribution in [2.75, 3.05) is 13.1 Å². The molecule has 25 heavy (non-hydrogen) atoms. The molecule has 9 heteroatoms. The molecule has 0 bridgehead atoms. The van der Waals surface area contributed by atoms with Crippen molar-refractivity contribution in [2.24, 2.45) is 0 Å². The van der Waals surface area contributed by atoms with Crippen molar-refractivity contribution < 1.29 is 31.8 Å². The summed E-state index contributed by atoms with van der Waals surface area (Å²) < 4.78 is 61.3. The molecule has 1 aromatic rings. The number of carbonyl (C=O) groups is 1. The van der Waals surface area contributed by atoms with Gasteiger partial charge in [-0.25, -0.2) is 9.18 Å². The predicted molar refractivity (Wildman–Crippen MR) is 84.7 cm³/mol. The lowest BCUT2D eigenvalue weighted by Crippen LogP contribution is -2.55. The normalized spacial score (nSPS) is 15.9. The van der Waals surface area contributed by atoms with E-state index in [0.717, 1.165) is 6.07 Å². The zero-order valence-electron chi connectivity index (χ0n) is 14.0. The van der Waals surface area contributed by atoms with Crippen LogP contribution in [-0.4, -0.2) is 41.3 Å². The molecule has 4 nitrogen and oxygen atoms in total. The fourth-order valence-electron chi connectivity index (χ4n) is 2.07. The molecule has 0 aliphatic carbocycles. The average Bonchev–Trinajstić information content (AvgIpc) is 2.34. The Morgan fingerprint density at radius 1 is 1.28 bits per heavy atom. The van der Waals surface area contributed by atoms with Gasteiger partial charge in [0, 0.05) is 10.5 Å². The first-order valence-electron chi connectivity index (χ1n) is 7.57. The zero-order chi connectivity index (χ0) is 18.8. The first-order chi connectivity index (χ1) is 11.4. The van der Waals surface area contributed by atoms with Crippen LogP contribution in [0.1, 0.15) is 26.3 Å². The maximum atomic E-state index is 13.8. The standard InChI is InChI=1S/C16H19F4NO3S/c1-15(2,3)24-14(22)21-7-11(8-21)23-9-10-4-5-12(6-13(10)17)25-16(18,19)20/h4-6,11H,7-9H2,1-3H3. The summed E-state index contributed by atoms with van der Waals surface area (Å²) in [5.74, 6) is -0.752. The van der Waals surface area contributed by atoms with Crippen LogP contribution in [0.4, 0.5) is 22.4 Å². The van der Waals surface area contributed by atoms with Gasteiger partial charge in [0.05, 0.1) is 25.8 Å². The minimum Gasteiger partial charge on any atom is -0.444 e. The maximum absolute atomic E-state index is 13.8. The molecular formula is C16H19F4NO3S. The van der Waals surface area contributed by atoms with Crippen LogP contribution in [0.2, 0.25) is 0 Å². The molecule has 140 valence electrons. The van der Waals surface area contributed by atoms with E-state index in [2.05, 4.69) is 0 Å². The van der Waals surface area contributed by atoms with Gasteiger partial charge in [-0.15, -0.1) is 0 Å². The van der Waals surface area contributed by atoms with Crippen LogP contribution in [0.3, 0.4) is 0 Å². The van der Waals surface area contributed by atoms with E-state index < -0.39 is 23.0 Å². The fraction of sp³-hybridized carbons (Fsp3) is 0.562. The van der Waals surface area contributed by atoms with Crippen LogP contribution >= 0.6 is 11.8 Å². The zero-order valence-corrected chi connectivity index (χ0v) is 14.8. The van der Waals surface area contributed by atoms with Gasteiger partial charge in [0.2, 0.25) is 0 Å². The molecule has 1 aliphatic rings. The first-order valence-corrected chi connectivity index (χ1v) is 8.38. The molecule has 1 saturated heterocycles. The number of rotatable bonds is 4. The van der Waals surface area contributed by atoms with Gasteiger partial charge in [0.25, 0.3) is 0 Å². The minimum absolute atomic E-state index is 0.0738. The van der Waals surface area contributed by atoms with E-state index in [-0.39, 0.29) is 34.9 Å². The largest absolute Gasteiger partial charge is 0.446 e. The Bertz CT molecular complexity index is 625. The van der Waals surface area contributed by atoms with Crippen LogP contribution in [0.15, 0.2) is 23.1 Å². The van der Waals surface area contributed by atoms with Gasteiger partial charge in [-0.2, -0.15) is 13.2 Å². The number of alkyl halides is 3. The SMILES string of the molecule is CC(C)(C)OC(=O)N1CC(OCc2ccc(SC(F)(F)F)cc2F)C1. The van der Waals surface area contributed by atoms with Gasteiger partial charge in [0.1, 0.15) is 11.4 Å². The lowest BCUT2D eigenvalue weighted by Gasteiger charge is -2.39. The van der Waals surface area contributed by atoms with Crippen molar-refractivity contribution >= 4 is 17.9 Å². The van der Waals surface area contributed by atoms with Gasteiger partial charge in [-0.05, 0) is 44.7 Å². The second-order valence-electron chi connectivity index (χ2n) is 6.62. The second kappa shape index (κ2) is 7.41. The Kier molecular flexibility index (Phi) is 5.88. The van der Waals surface area contributed by atoms with Gasteiger partial charge >= 0.3 is 11.6 Å². The van der Waals surface area contributed by atoms with E-state index in [4.69, 9.17) is 9.47 Å². The first kappa shape index (κ1) is 19.8. The highest BCUT2D eigenvalue weighted by Crippen LogP contribution is 2.37. The molecule has 0 aromatic heterocycles. The van der Waals surface area contributed by atoms with Crippen LogP contribution < -0.4 is 0 Å². The number of ether oxygens (including phenoxy) is 2. The Hall–Kier alpha value is -1.48. The van der Waals surface area contributed by atoms with Crippen molar-refractivity contribution in [3.63, 3.8) is 0 Å². The van der Waals surface area contributed by atoms with Crippen molar-refractivity contribution in [3.8, 4) is 0 Å². The topological polar surface area (TPSA) is 38.8 Å². The lowest BCUT2D eigenvalue weighted by atomic mass is 10.1. The van der Waals surface area contributed by atoms with Crippen LogP contribution in [0.5, 0.6) is 0 Å². The summed E-state index contributed by atoms with van der Waals surface area (Å²) in [6.07, 6.45) is -0.691. The van der Waals surface area contributed by atoms with Crippen LogP contribution in [0, 0.1) is 5.82 Å². The number of hydrogen-bond acceptors (Lipinski definition) is 4. The summed E-state index contributed by atoms with van der Waals surface area (Å²) in [7, 11) is 0. The molecule has 0 atom stereocenters. The Morgan fingerprint density at radius 3 is 2.44 bits per heavy atom. The Morgan fingerprint density at radius 2 is 1.92 bits per heavy atom. The van der Waals surface area contributed by atoms with Gasteiger partial charge in [-0.1, -0.05) is 6.07 Å². The van der Waals surface area contributed by atoms with Crippen molar-refractivity contribution in [3.05, 3.63) is 29.6 Å². The molecule has 0 radical (unpaired) electrons. The van der Waals surface area contributed by atoms with Crippen molar-refractivity contribution in [1.29, 1.82) is 0 Å². The quantitative estimate of drug-likeness (QED) is 0.566. The summed E-state index contributed by atoms with van der Waals surface area (Å²) in [5.41, 5.74) is -4.87.